The molecule has 0 aliphatic heterocycles. The highest BCUT2D eigenvalue weighted by Gasteiger charge is 2.03. The van der Waals surface area contributed by atoms with Crippen LogP contribution in [0.5, 0.6) is 0 Å². The minimum atomic E-state index is 0.586. The summed E-state index contributed by atoms with van der Waals surface area (Å²) in [6.07, 6.45) is 1.00. The van der Waals surface area contributed by atoms with Gasteiger partial charge in [-0.3, -0.25) is 0 Å². The lowest BCUT2D eigenvalue weighted by Gasteiger charge is -2.08. The van der Waals surface area contributed by atoms with Crippen LogP contribution < -0.4 is 5.32 Å². The van der Waals surface area contributed by atoms with Crippen LogP contribution in [0.3, 0.4) is 0 Å². The van der Waals surface area contributed by atoms with E-state index in [0.29, 0.717) is 10.0 Å². The van der Waals surface area contributed by atoms with Gasteiger partial charge in [0.2, 0.25) is 0 Å². The summed E-state index contributed by atoms with van der Waals surface area (Å²) in [6, 6.07) is 9.80. The first-order valence-electron chi connectivity index (χ1n) is 4.97. The topological polar surface area (TPSA) is 12.0 Å². The van der Waals surface area contributed by atoms with Crippen LogP contribution in [-0.2, 0) is 6.42 Å². The largest absolute Gasteiger partial charge is 0.383 e. The number of halogens is 2. The molecule has 0 amide bonds. The maximum atomic E-state index is 6.06. The van der Waals surface area contributed by atoms with Crippen molar-refractivity contribution in [3.05, 3.63) is 50.6 Å². The molecule has 2 rings (SSSR count). The van der Waals surface area contributed by atoms with Gasteiger partial charge in [-0.05, 0) is 30.0 Å². The Balaban J connectivity index is 1.92. The van der Waals surface area contributed by atoms with E-state index in [0.717, 1.165) is 18.7 Å². The normalized spacial score (nSPS) is 10.4. The van der Waals surface area contributed by atoms with Gasteiger partial charge in [-0.1, -0.05) is 35.3 Å². The molecule has 1 heterocycles. The summed E-state index contributed by atoms with van der Waals surface area (Å²) in [5.74, 6) is 0. The van der Waals surface area contributed by atoms with Crippen LogP contribution in [0.25, 0.3) is 0 Å². The van der Waals surface area contributed by atoms with Gasteiger partial charge in [0.1, 0.15) is 0 Å². The molecule has 1 nitrogen and oxygen atoms in total. The Labute approximate surface area is 109 Å². The third-order valence-electron chi connectivity index (χ3n) is 2.22. The number of anilines is 1. The van der Waals surface area contributed by atoms with E-state index < -0.39 is 0 Å². The molecule has 0 saturated heterocycles. The molecule has 84 valence electrons. The van der Waals surface area contributed by atoms with Crippen molar-refractivity contribution in [2.45, 2.75) is 6.42 Å². The molecule has 0 unspecified atom stereocenters. The van der Waals surface area contributed by atoms with Crippen molar-refractivity contribution in [2.24, 2.45) is 0 Å². The Morgan fingerprint density at radius 3 is 2.75 bits per heavy atom. The zero-order chi connectivity index (χ0) is 11.4. The van der Waals surface area contributed by atoms with Crippen LogP contribution in [0.2, 0.25) is 10.0 Å². The molecule has 2 aromatic rings. The van der Waals surface area contributed by atoms with E-state index >= 15 is 0 Å². The summed E-state index contributed by atoms with van der Waals surface area (Å²) in [7, 11) is 0. The lowest BCUT2D eigenvalue weighted by Crippen LogP contribution is -2.04. The molecule has 0 atom stereocenters. The highest BCUT2D eigenvalue weighted by atomic mass is 35.5. The number of thiophene rings is 1. The Morgan fingerprint density at radius 2 is 2.00 bits per heavy atom. The standard InChI is InChI=1S/C12H11Cl2NS/c13-10-4-1-5-11(12(10)14)15-7-6-9-3-2-8-16-9/h1-5,8,15H,6-7H2. The summed E-state index contributed by atoms with van der Waals surface area (Å²) >= 11 is 13.8. The minimum Gasteiger partial charge on any atom is -0.383 e. The number of hydrogen-bond donors (Lipinski definition) is 1. The second-order valence-electron chi connectivity index (χ2n) is 3.36. The second-order valence-corrected chi connectivity index (χ2v) is 5.17. The Morgan fingerprint density at radius 1 is 1.12 bits per heavy atom. The van der Waals surface area contributed by atoms with E-state index in [4.69, 9.17) is 23.2 Å². The maximum Gasteiger partial charge on any atom is 0.0823 e. The summed E-state index contributed by atoms with van der Waals surface area (Å²) in [5.41, 5.74) is 0.894. The van der Waals surface area contributed by atoms with Crippen molar-refractivity contribution in [3.63, 3.8) is 0 Å². The van der Waals surface area contributed by atoms with Crippen molar-refractivity contribution >= 4 is 40.2 Å². The molecule has 1 aromatic carbocycles. The summed E-state index contributed by atoms with van der Waals surface area (Å²) < 4.78 is 0. The SMILES string of the molecule is Clc1cccc(NCCc2cccs2)c1Cl. The van der Waals surface area contributed by atoms with Gasteiger partial charge in [0, 0.05) is 11.4 Å². The van der Waals surface area contributed by atoms with Crippen LogP contribution in [0.15, 0.2) is 35.7 Å². The molecular weight excluding hydrogens is 261 g/mol. The Kier molecular flexibility index (Phi) is 4.10. The van der Waals surface area contributed by atoms with Gasteiger partial charge in [0.05, 0.1) is 15.7 Å². The van der Waals surface area contributed by atoms with E-state index in [9.17, 15) is 0 Å². The first-order valence-corrected chi connectivity index (χ1v) is 6.61. The first-order chi connectivity index (χ1) is 7.77. The maximum absolute atomic E-state index is 6.06. The number of nitrogens with one attached hydrogen (secondary N) is 1. The fourth-order valence-corrected chi connectivity index (χ4v) is 2.49. The fraction of sp³-hybridized carbons (Fsp3) is 0.167. The Hall–Kier alpha value is -0.700. The molecule has 16 heavy (non-hydrogen) atoms. The van der Waals surface area contributed by atoms with Gasteiger partial charge in [0.15, 0.2) is 0 Å². The predicted octanol–water partition coefficient (Wildman–Crippen LogP) is 4.71. The molecule has 0 fully saturated rings. The zero-order valence-electron chi connectivity index (χ0n) is 8.54. The van der Waals surface area contributed by atoms with Crippen LogP contribution in [0.1, 0.15) is 4.88 Å². The van der Waals surface area contributed by atoms with Crippen molar-refractivity contribution in [3.8, 4) is 0 Å². The van der Waals surface area contributed by atoms with E-state index in [-0.39, 0.29) is 0 Å². The summed E-state index contributed by atoms with van der Waals surface area (Å²) in [5, 5.41) is 6.55. The minimum absolute atomic E-state index is 0.586. The summed E-state index contributed by atoms with van der Waals surface area (Å²) in [4.78, 5) is 1.37. The van der Waals surface area contributed by atoms with Gasteiger partial charge in [0.25, 0.3) is 0 Å². The molecule has 0 spiro atoms. The van der Waals surface area contributed by atoms with Gasteiger partial charge in [-0.2, -0.15) is 0 Å². The van der Waals surface area contributed by atoms with Crippen LogP contribution in [0, 0.1) is 0 Å². The van der Waals surface area contributed by atoms with Crippen LogP contribution in [0.4, 0.5) is 5.69 Å². The third-order valence-corrected chi connectivity index (χ3v) is 3.97. The molecule has 1 N–H and O–H groups in total. The molecule has 0 aliphatic carbocycles. The predicted molar refractivity (Wildman–Crippen MR) is 73.0 cm³/mol. The molecule has 1 aromatic heterocycles. The van der Waals surface area contributed by atoms with E-state index in [1.54, 1.807) is 17.4 Å². The lowest BCUT2D eigenvalue weighted by molar-refractivity contribution is 1.04. The molecule has 0 radical (unpaired) electrons. The number of hydrogen-bond acceptors (Lipinski definition) is 2. The van der Waals surface area contributed by atoms with Crippen molar-refractivity contribution in [2.75, 3.05) is 11.9 Å². The average Bonchev–Trinajstić information content (AvgIpc) is 2.77. The zero-order valence-corrected chi connectivity index (χ0v) is 10.9. The van der Waals surface area contributed by atoms with Crippen molar-refractivity contribution in [1.82, 2.24) is 0 Å². The molecule has 0 aliphatic rings. The average molecular weight is 272 g/mol. The monoisotopic (exact) mass is 271 g/mol. The summed E-state index contributed by atoms with van der Waals surface area (Å²) in [6.45, 7) is 0.862. The van der Waals surface area contributed by atoms with Crippen molar-refractivity contribution in [1.29, 1.82) is 0 Å². The van der Waals surface area contributed by atoms with Gasteiger partial charge in [-0.15, -0.1) is 11.3 Å². The van der Waals surface area contributed by atoms with Crippen LogP contribution in [-0.4, -0.2) is 6.54 Å². The molecule has 4 heteroatoms. The molecule has 0 saturated carbocycles. The molecular formula is C12H11Cl2NS. The van der Waals surface area contributed by atoms with Gasteiger partial charge >= 0.3 is 0 Å². The van der Waals surface area contributed by atoms with Crippen LogP contribution >= 0.6 is 34.5 Å². The quantitative estimate of drug-likeness (QED) is 0.849. The van der Waals surface area contributed by atoms with Crippen molar-refractivity contribution < 1.29 is 0 Å². The van der Waals surface area contributed by atoms with E-state index in [1.807, 2.05) is 12.1 Å². The van der Waals surface area contributed by atoms with E-state index in [1.165, 1.54) is 4.88 Å². The smallest absolute Gasteiger partial charge is 0.0823 e. The second kappa shape index (κ2) is 5.58. The first kappa shape index (κ1) is 11.8. The van der Waals surface area contributed by atoms with Gasteiger partial charge in [-0.25, -0.2) is 0 Å². The number of benzene rings is 1. The lowest BCUT2D eigenvalue weighted by atomic mass is 10.3. The highest BCUT2D eigenvalue weighted by Crippen LogP contribution is 2.29. The van der Waals surface area contributed by atoms with E-state index in [2.05, 4.69) is 22.8 Å². The Bertz CT molecular complexity index is 454. The number of rotatable bonds is 4. The van der Waals surface area contributed by atoms with Gasteiger partial charge < -0.3 is 5.32 Å². The third kappa shape index (κ3) is 2.91. The molecule has 0 bridgehead atoms. The highest BCUT2D eigenvalue weighted by molar-refractivity contribution is 7.09. The fourth-order valence-electron chi connectivity index (χ4n) is 1.42.